The molecule has 1 amide bonds. The van der Waals surface area contributed by atoms with Gasteiger partial charge in [-0.15, -0.1) is 0 Å². The molecule has 0 saturated carbocycles. The fraction of sp³-hybridized carbons (Fsp3) is 0.429. The number of carbonyl (C=O) groups excluding carboxylic acids is 1. The normalized spacial score (nSPS) is 10.2. The molecule has 1 rings (SSSR count). The molecule has 5 nitrogen and oxygen atoms in total. The van der Waals surface area contributed by atoms with Crippen LogP contribution in [0, 0.1) is 5.82 Å². The Morgan fingerprint density at radius 1 is 1.30 bits per heavy atom. The summed E-state index contributed by atoms with van der Waals surface area (Å²) in [5, 5.41) is 8.80. The second-order valence-corrected chi connectivity index (χ2v) is 4.68. The molecule has 6 heteroatoms. The van der Waals surface area contributed by atoms with E-state index in [1.54, 1.807) is 25.1 Å². The molecule has 0 atom stereocenters. The molecule has 0 bridgehead atoms. The molecule has 0 heterocycles. The van der Waals surface area contributed by atoms with Gasteiger partial charge >= 0.3 is 5.97 Å². The zero-order chi connectivity index (χ0) is 15.3. The lowest BCUT2D eigenvalue weighted by Gasteiger charge is -2.21. The van der Waals surface area contributed by atoms with Gasteiger partial charge in [-0.25, -0.2) is 4.39 Å². The van der Waals surface area contributed by atoms with Crippen molar-refractivity contribution in [2.75, 3.05) is 32.1 Å². The Kier molecular flexibility index (Phi) is 5.49. The largest absolute Gasteiger partial charge is 0.480 e. The highest BCUT2D eigenvalue weighted by Gasteiger charge is 2.21. The lowest BCUT2D eigenvalue weighted by Crippen LogP contribution is -2.36. The highest BCUT2D eigenvalue weighted by atomic mass is 19.1. The molecule has 20 heavy (non-hydrogen) atoms. The lowest BCUT2D eigenvalue weighted by atomic mass is 10.1. The number of nitrogens with zero attached hydrogens (tertiary/aromatic N) is 2. The number of carboxylic acid groups (broad SMARTS) is 1. The van der Waals surface area contributed by atoms with E-state index in [0.717, 1.165) is 4.90 Å². The lowest BCUT2D eigenvalue weighted by molar-refractivity contribution is -0.137. The fourth-order valence-corrected chi connectivity index (χ4v) is 1.81. The monoisotopic (exact) mass is 282 g/mol. The molecular weight excluding hydrogens is 263 g/mol. The van der Waals surface area contributed by atoms with Gasteiger partial charge in [-0.3, -0.25) is 9.59 Å². The maximum Gasteiger partial charge on any atom is 0.323 e. The van der Waals surface area contributed by atoms with Crippen LogP contribution in [0.4, 0.5) is 10.1 Å². The quantitative estimate of drug-likeness (QED) is 0.864. The van der Waals surface area contributed by atoms with Crippen molar-refractivity contribution >= 4 is 17.6 Å². The van der Waals surface area contributed by atoms with Crippen molar-refractivity contribution in [1.82, 2.24) is 4.90 Å². The third-order valence-electron chi connectivity index (χ3n) is 2.81. The van der Waals surface area contributed by atoms with E-state index < -0.39 is 24.2 Å². The number of hydrogen-bond acceptors (Lipinski definition) is 3. The van der Waals surface area contributed by atoms with E-state index in [9.17, 15) is 14.0 Å². The number of rotatable bonds is 6. The predicted molar refractivity (Wildman–Crippen MR) is 74.6 cm³/mol. The minimum absolute atomic E-state index is 0.106. The summed E-state index contributed by atoms with van der Waals surface area (Å²) in [6.45, 7) is 1.68. The maximum atomic E-state index is 14.0. The highest BCUT2D eigenvalue weighted by Crippen LogP contribution is 2.18. The first-order valence-electron chi connectivity index (χ1n) is 6.34. The Hall–Kier alpha value is -2.11. The van der Waals surface area contributed by atoms with Crippen molar-refractivity contribution in [3.63, 3.8) is 0 Å². The highest BCUT2D eigenvalue weighted by molar-refractivity contribution is 5.96. The van der Waals surface area contributed by atoms with Crippen LogP contribution in [-0.4, -0.2) is 49.1 Å². The van der Waals surface area contributed by atoms with Crippen molar-refractivity contribution in [2.45, 2.75) is 13.3 Å². The van der Waals surface area contributed by atoms with Crippen molar-refractivity contribution in [3.8, 4) is 0 Å². The molecule has 0 aliphatic carbocycles. The molecule has 110 valence electrons. The van der Waals surface area contributed by atoms with Gasteiger partial charge < -0.3 is 14.9 Å². The number of carboxylic acids is 1. The van der Waals surface area contributed by atoms with Crippen LogP contribution in [0.5, 0.6) is 0 Å². The van der Waals surface area contributed by atoms with Crippen LogP contribution in [-0.2, 0) is 4.79 Å². The molecule has 0 fully saturated rings. The molecular formula is C14H19FN2O3. The molecule has 0 unspecified atom stereocenters. The van der Waals surface area contributed by atoms with Crippen molar-refractivity contribution in [1.29, 1.82) is 0 Å². The number of hydrogen-bond donors (Lipinski definition) is 1. The number of anilines is 1. The number of aliphatic carboxylic acids is 1. The summed E-state index contributed by atoms with van der Waals surface area (Å²) in [6, 6.07) is 4.27. The summed E-state index contributed by atoms with van der Waals surface area (Å²) < 4.78 is 14.0. The van der Waals surface area contributed by atoms with Crippen LogP contribution in [0.1, 0.15) is 23.7 Å². The topological polar surface area (TPSA) is 60.9 Å². The number of amides is 1. The summed E-state index contributed by atoms with van der Waals surface area (Å²) in [4.78, 5) is 25.8. The van der Waals surface area contributed by atoms with E-state index >= 15 is 0 Å². The number of halogens is 1. The second kappa shape index (κ2) is 6.88. The second-order valence-electron chi connectivity index (χ2n) is 4.68. The minimum atomic E-state index is -1.11. The first-order chi connectivity index (χ1) is 9.36. The van der Waals surface area contributed by atoms with Gasteiger partial charge in [-0.1, -0.05) is 6.92 Å². The van der Waals surface area contributed by atoms with Gasteiger partial charge in [0, 0.05) is 26.3 Å². The first kappa shape index (κ1) is 15.9. The van der Waals surface area contributed by atoms with Crippen molar-refractivity contribution in [3.05, 3.63) is 29.6 Å². The van der Waals surface area contributed by atoms with Gasteiger partial charge in [0.2, 0.25) is 0 Å². The van der Waals surface area contributed by atoms with E-state index in [1.165, 1.54) is 12.1 Å². The molecule has 0 aromatic heterocycles. The van der Waals surface area contributed by atoms with Crippen LogP contribution in [0.2, 0.25) is 0 Å². The molecule has 0 aliphatic heterocycles. The van der Waals surface area contributed by atoms with Gasteiger partial charge in [-0.2, -0.15) is 0 Å². The van der Waals surface area contributed by atoms with Crippen LogP contribution in [0.25, 0.3) is 0 Å². The number of benzene rings is 1. The molecule has 1 aromatic carbocycles. The Labute approximate surface area is 117 Å². The zero-order valence-electron chi connectivity index (χ0n) is 11.9. The maximum absolute atomic E-state index is 14.0. The van der Waals surface area contributed by atoms with Crippen LogP contribution >= 0.6 is 0 Å². The SMILES string of the molecule is CCCN(CC(=O)O)C(=O)c1ccc(N(C)C)cc1F. The fourth-order valence-electron chi connectivity index (χ4n) is 1.81. The van der Waals surface area contributed by atoms with Gasteiger partial charge in [0.1, 0.15) is 12.4 Å². The van der Waals surface area contributed by atoms with Gasteiger partial charge in [0.25, 0.3) is 5.91 Å². The minimum Gasteiger partial charge on any atom is -0.480 e. The van der Waals surface area contributed by atoms with E-state index in [0.29, 0.717) is 12.1 Å². The van der Waals surface area contributed by atoms with Crippen LogP contribution in [0.15, 0.2) is 18.2 Å². The van der Waals surface area contributed by atoms with Crippen molar-refractivity contribution in [2.24, 2.45) is 0 Å². The first-order valence-corrected chi connectivity index (χ1v) is 6.34. The van der Waals surface area contributed by atoms with E-state index in [1.807, 2.05) is 6.92 Å². The number of carbonyl (C=O) groups is 2. The Morgan fingerprint density at radius 2 is 1.95 bits per heavy atom. The molecule has 0 spiro atoms. The molecule has 0 aliphatic rings. The van der Waals surface area contributed by atoms with E-state index in [4.69, 9.17) is 5.11 Å². The van der Waals surface area contributed by atoms with Crippen LogP contribution < -0.4 is 4.90 Å². The summed E-state index contributed by atoms with van der Waals surface area (Å²) >= 11 is 0. The van der Waals surface area contributed by atoms with E-state index in [2.05, 4.69) is 0 Å². The Balaban J connectivity index is 3.02. The van der Waals surface area contributed by atoms with Gasteiger partial charge in [0.15, 0.2) is 0 Å². The average molecular weight is 282 g/mol. The van der Waals surface area contributed by atoms with E-state index in [-0.39, 0.29) is 12.1 Å². The smallest absolute Gasteiger partial charge is 0.323 e. The van der Waals surface area contributed by atoms with Gasteiger partial charge in [-0.05, 0) is 24.6 Å². The summed E-state index contributed by atoms with van der Waals surface area (Å²) in [6.07, 6.45) is 0.608. The molecule has 0 radical (unpaired) electrons. The van der Waals surface area contributed by atoms with Gasteiger partial charge in [0.05, 0.1) is 5.56 Å². The average Bonchev–Trinajstić information content (AvgIpc) is 2.36. The van der Waals surface area contributed by atoms with Crippen molar-refractivity contribution < 1.29 is 19.1 Å². The summed E-state index contributed by atoms with van der Waals surface area (Å²) in [5.41, 5.74) is 0.532. The summed E-state index contributed by atoms with van der Waals surface area (Å²) in [7, 11) is 3.54. The predicted octanol–water partition coefficient (Wildman–Crippen LogP) is 1.83. The summed E-state index contributed by atoms with van der Waals surface area (Å²) in [5.74, 6) is -2.36. The third kappa shape index (κ3) is 3.94. The van der Waals surface area contributed by atoms with Crippen LogP contribution in [0.3, 0.4) is 0 Å². The third-order valence-corrected chi connectivity index (χ3v) is 2.81. The zero-order valence-corrected chi connectivity index (χ0v) is 11.9. The Morgan fingerprint density at radius 3 is 2.40 bits per heavy atom. The molecule has 1 N–H and O–H groups in total. The molecule has 0 saturated heterocycles. The Bertz CT molecular complexity index is 503. The molecule has 1 aromatic rings. The standard InChI is InChI=1S/C14H19FN2O3/c1-4-7-17(9-13(18)19)14(20)11-6-5-10(16(2)3)8-12(11)15/h5-6,8H,4,7,9H2,1-3H3,(H,18,19).